The second-order valence-electron chi connectivity index (χ2n) is 5.14. The molecular weight excluding hydrogens is 268 g/mol. The van der Waals surface area contributed by atoms with Crippen LogP contribution in [0.2, 0.25) is 0 Å². The molecule has 0 spiro atoms. The third-order valence-corrected chi connectivity index (χ3v) is 3.00. The summed E-state index contributed by atoms with van der Waals surface area (Å²) < 4.78 is 5.39. The predicted octanol–water partition coefficient (Wildman–Crippen LogP) is 2.57. The number of aldehydes is 1. The lowest BCUT2D eigenvalue weighted by Gasteiger charge is -2.12. The summed E-state index contributed by atoms with van der Waals surface area (Å²) in [6, 6.07) is 9.00. The molecule has 5 heteroatoms. The summed E-state index contributed by atoms with van der Waals surface area (Å²) >= 11 is 0. The Bertz CT molecular complexity index is 659. The highest BCUT2D eigenvalue weighted by molar-refractivity contribution is 5.93. The van der Waals surface area contributed by atoms with E-state index in [2.05, 4.69) is 5.32 Å². The molecule has 0 atom stereocenters. The molecule has 0 bridgehead atoms. The van der Waals surface area contributed by atoms with E-state index in [1.807, 2.05) is 39.2 Å². The molecule has 1 heterocycles. The number of amides is 1. The SMILES string of the molecule is Cc1ccc(-c2ccc(C=O)o2)cc1NC(=O)CN(C)C. The van der Waals surface area contributed by atoms with Gasteiger partial charge in [0.1, 0.15) is 5.76 Å². The van der Waals surface area contributed by atoms with E-state index in [0.717, 1.165) is 16.8 Å². The van der Waals surface area contributed by atoms with Crippen LogP contribution in [-0.2, 0) is 4.79 Å². The van der Waals surface area contributed by atoms with Crippen LogP contribution in [0.3, 0.4) is 0 Å². The van der Waals surface area contributed by atoms with Crippen molar-refractivity contribution in [3.05, 3.63) is 41.7 Å². The summed E-state index contributed by atoms with van der Waals surface area (Å²) in [5, 5.41) is 2.88. The van der Waals surface area contributed by atoms with Crippen LogP contribution in [-0.4, -0.2) is 37.7 Å². The third-order valence-electron chi connectivity index (χ3n) is 3.00. The Kier molecular flexibility index (Phi) is 4.55. The number of carbonyl (C=O) groups is 2. The number of hydrogen-bond acceptors (Lipinski definition) is 4. The maximum Gasteiger partial charge on any atom is 0.238 e. The van der Waals surface area contributed by atoms with E-state index in [1.165, 1.54) is 0 Å². The number of likely N-dealkylation sites (N-methyl/N-ethyl adjacent to an activating group) is 1. The zero-order valence-corrected chi connectivity index (χ0v) is 12.3. The molecule has 5 nitrogen and oxygen atoms in total. The topological polar surface area (TPSA) is 62.6 Å². The molecule has 0 saturated carbocycles. The van der Waals surface area contributed by atoms with Crippen molar-refractivity contribution in [1.29, 1.82) is 0 Å². The number of carbonyl (C=O) groups excluding carboxylic acids is 2. The van der Waals surface area contributed by atoms with Crippen molar-refractivity contribution >= 4 is 17.9 Å². The molecule has 21 heavy (non-hydrogen) atoms. The molecule has 0 aliphatic heterocycles. The van der Waals surface area contributed by atoms with Crippen LogP contribution in [0.5, 0.6) is 0 Å². The highest BCUT2D eigenvalue weighted by Crippen LogP contribution is 2.26. The fourth-order valence-corrected chi connectivity index (χ4v) is 1.96. The lowest BCUT2D eigenvalue weighted by molar-refractivity contribution is -0.116. The second kappa shape index (κ2) is 6.37. The molecule has 0 radical (unpaired) electrons. The van der Waals surface area contributed by atoms with E-state index in [1.54, 1.807) is 17.0 Å². The quantitative estimate of drug-likeness (QED) is 0.858. The predicted molar refractivity (Wildman–Crippen MR) is 81.5 cm³/mol. The molecule has 0 saturated heterocycles. The van der Waals surface area contributed by atoms with Gasteiger partial charge in [-0.2, -0.15) is 0 Å². The van der Waals surface area contributed by atoms with Crippen LogP contribution >= 0.6 is 0 Å². The number of benzene rings is 1. The van der Waals surface area contributed by atoms with Gasteiger partial charge < -0.3 is 14.6 Å². The van der Waals surface area contributed by atoms with Gasteiger partial charge in [0.25, 0.3) is 0 Å². The number of nitrogens with one attached hydrogen (secondary N) is 1. The van der Waals surface area contributed by atoms with Crippen LogP contribution in [0.25, 0.3) is 11.3 Å². The summed E-state index contributed by atoms with van der Waals surface area (Å²) in [6.45, 7) is 2.24. The number of rotatable bonds is 5. The molecular formula is C16H18N2O3. The van der Waals surface area contributed by atoms with E-state index in [-0.39, 0.29) is 11.7 Å². The maximum absolute atomic E-state index is 11.9. The van der Waals surface area contributed by atoms with Crippen molar-refractivity contribution in [3.63, 3.8) is 0 Å². The molecule has 0 fully saturated rings. The van der Waals surface area contributed by atoms with Crippen molar-refractivity contribution in [2.45, 2.75) is 6.92 Å². The third kappa shape index (κ3) is 3.79. The van der Waals surface area contributed by atoms with Gasteiger partial charge in [-0.15, -0.1) is 0 Å². The summed E-state index contributed by atoms with van der Waals surface area (Å²) in [4.78, 5) is 24.3. The van der Waals surface area contributed by atoms with Crippen molar-refractivity contribution in [3.8, 4) is 11.3 Å². The molecule has 1 aromatic heterocycles. The van der Waals surface area contributed by atoms with Gasteiger partial charge >= 0.3 is 0 Å². The highest BCUT2D eigenvalue weighted by Gasteiger charge is 2.09. The van der Waals surface area contributed by atoms with Crippen LogP contribution < -0.4 is 5.32 Å². The standard InChI is InChI=1S/C16H18N2O3/c1-11-4-5-12(15-7-6-13(10-19)21-15)8-14(11)17-16(20)9-18(2)3/h4-8,10H,9H2,1-3H3,(H,17,20). The van der Waals surface area contributed by atoms with E-state index in [4.69, 9.17) is 4.42 Å². The molecule has 0 unspecified atom stereocenters. The Hall–Kier alpha value is -2.40. The first kappa shape index (κ1) is 15.0. The zero-order chi connectivity index (χ0) is 15.4. The van der Waals surface area contributed by atoms with Gasteiger partial charge in [-0.05, 0) is 44.8 Å². The van der Waals surface area contributed by atoms with E-state index in [0.29, 0.717) is 18.6 Å². The number of hydrogen-bond donors (Lipinski definition) is 1. The number of nitrogens with zero attached hydrogens (tertiary/aromatic N) is 1. The van der Waals surface area contributed by atoms with Crippen LogP contribution in [0.4, 0.5) is 5.69 Å². The average molecular weight is 286 g/mol. The smallest absolute Gasteiger partial charge is 0.238 e. The van der Waals surface area contributed by atoms with Crippen LogP contribution in [0.1, 0.15) is 16.1 Å². The Morgan fingerprint density at radius 1 is 1.29 bits per heavy atom. The van der Waals surface area contributed by atoms with E-state index in [9.17, 15) is 9.59 Å². The van der Waals surface area contributed by atoms with E-state index >= 15 is 0 Å². The lowest BCUT2D eigenvalue weighted by Crippen LogP contribution is -2.27. The largest absolute Gasteiger partial charge is 0.453 e. The van der Waals surface area contributed by atoms with Gasteiger partial charge in [0.15, 0.2) is 12.0 Å². The van der Waals surface area contributed by atoms with E-state index < -0.39 is 0 Å². The Balaban J connectivity index is 2.24. The molecule has 2 aromatic rings. The molecule has 0 aliphatic carbocycles. The second-order valence-corrected chi connectivity index (χ2v) is 5.14. The molecule has 0 aliphatic rings. The Morgan fingerprint density at radius 2 is 2.05 bits per heavy atom. The fraction of sp³-hybridized carbons (Fsp3) is 0.250. The maximum atomic E-state index is 11.9. The van der Waals surface area contributed by atoms with Gasteiger partial charge in [-0.3, -0.25) is 9.59 Å². The van der Waals surface area contributed by atoms with Crippen molar-refractivity contribution < 1.29 is 14.0 Å². The minimum absolute atomic E-state index is 0.0757. The van der Waals surface area contributed by atoms with Crippen molar-refractivity contribution in [2.24, 2.45) is 0 Å². The Morgan fingerprint density at radius 3 is 2.67 bits per heavy atom. The summed E-state index contributed by atoms with van der Waals surface area (Å²) in [6.07, 6.45) is 0.664. The van der Waals surface area contributed by atoms with Gasteiger partial charge in [0, 0.05) is 11.3 Å². The lowest BCUT2D eigenvalue weighted by atomic mass is 10.1. The Labute approximate surface area is 123 Å². The monoisotopic (exact) mass is 286 g/mol. The van der Waals surface area contributed by atoms with Crippen molar-refractivity contribution in [2.75, 3.05) is 26.0 Å². The average Bonchev–Trinajstić information content (AvgIpc) is 2.89. The first-order chi connectivity index (χ1) is 9.99. The summed E-state index contributed by atoms with van der Waals surface area (Å²) in [7, 11) is 3.68. The first-order valence-electron chi connectivity index (χ1n) is 6.60. The van der Waals surface area contributed by atoms with Crippen LogP contribution in [0.15, 0.2) is 34.7 Å². The number of furan rings is 1. The number of anilines is 1. The molecule has 1 aromatic carbocycles. The molecule has 110 valence electrons. The van der Waals surface area contributed by atoms with Crippen molar-refractivity contribution in [1.82, 2.24) is 4.90 Å². The molecule has 1 N–H and O–H groups in total. The molecule has 2 rings (SSSR count). The van der Waals surface area contributed by atoms with Gasteiger partial charge in [0.05, 0.1) is 6.54 Å². The van der Waals surface area contributed by atoms with Gasteiger partial charge in [-0.25, -0.2) is 0 Å². The minimum atomic E-state index is -0.0757. The van der Waals surface area contributed by atoms with Gasteiger partial charge in [0.2, 0.25) is 5.91 Å². The normalized spacial score (nSPS) is 10.7. The van der Waals surface area contributed by atoms with Crippen LogP contribution in [0, 0.1) is 6.92 Å². The minimum Gasteiger partial charge on any atom is -0.453 e. The summed E-state index contributed by atoms with van der Waals surface area (Å²) in [5.41, 5.74) is 2.52. The highest BCUT2D eigenvalue weighted by atomic mass is 16.3. The van der Waals surface area contributed by atoms with Gasteiger partial charge in [-0.1, -0.05) is 12.1 Å². The zero-order valence-electron chi connectivity index (χ0n) is 12.3. The number of aryl methyl sites for hydroxylation is 1. The summed E-state index contributed by atoms with van der Waals surface area (Å²) in [5.74, 6) is 0.803. The molecule has 1 amide bonds. The first-order valence-corrected chi connectivity index (χ1v) is 6.60. The fourth-order valence-electron chi connectivity index (χ4n) is 1.96.